The minimum absolute atomic E-state index is 0.182. The molecular weight excluding hydrogens is 385 g/mol. The zero-order chi connectivity index (χ0) is 20.8. The van der Waals surface area contributed by atoms with Gasteiger partial charge in [-0.1, -0.05) is 23.4 Å². The molecule has 3 aromatic rings. The van der Waals surface area contributed by atoms with E-state index in [0.717, 1.165) is 32.1 Å². The second kappa shape index (κ2) is 9.34. The van der Waals surface area contributed by atoms with Crippen molar-refractivity contribution in [3.8, 4) is 11.6 Å². The molecule has 0 spiro atoms. The van der Waals surface area contributed by atoms with Crippen molar-refractivity contribution in [2.24, 2.45) is 4.99 Å². The molecule has 30 heavy (non-hydrogen) atoms. The molecule has 156 valence electrons. The van der Waals surface area contributed by atoms with Crippen LogP contribution in [0.15, 0.2) is 58.2 Å². The highest BCUT2D eigenvalue weighted by Gasteiger charge is 2.21. The maximum atomic E-state index is 14.0. The number of rotatable bonds is 5. The first kappa shape index (κ1) is 19.8. The second-order valence-corrected chi connectivity index (χ2v) is 6.88. The summed E-state index contributed by atoms with van der Waals surface area (Å²) in [4.78, 5) is 17.2. The van der Waals surface area contributed by atoms with Crippen molar-refractivity contribution in [2.45, 2.75) is 6.42 Å². The largest absolute Gasteiger partial charge is 0.366 e. The Labute approximate surface area is 174 Å². The Balaban J connectivity index is 1.27. The Morgan fingerprint density at radius 3 is 2.67 bits per heavy atom. The number of aliphatic imine (C=N–C) groups is 1. The van der Waals surface area contributed by atoms with Crippen molar-refractivity contribution in [1.29, 1.82) is 0 Å². The van der Waals surface area contributed by atoms with Gasteiger partial charge in [0.05, 0.1) is 5.69 Å². The van der Waals surface area contributed by atoms with Crippen molar-refractivity contribution >= 4 is 11.6 Å². The molecule has 8 nitrogen and oxygen atoms in total. The molecule has 1 N–H and O–H groups in total. The van der Waals surface area contributed by atoms with Crippen LogP contribution in [0, 0.1) is 5.82 Å². The van der Waals surface area contributed by atoms with Gasteiger partial charge in [0.1, 0.15) is 11.5 Å². The Morgan fingerprint density at radius 2 is 1.93 bits per heavy atom. The van der Waals surface area contributed by atoms with Gasteiger partial charge in [0.15, 0.2) is 11.8 Å². The maximum Gasteiger partial charge on any atom is 0.276 e. The van der Waals surface area contributed by atoms with Crippen molar-refractivity contribution < 1.29 is 8.91 Å². The van der Waals surface area contributed by atoms with E-state index in [1.54, 1.807) is 19.3 Å². The number of piperazine rings is 1. The first-order valence-corrected chi connectivity index (χ1v) is 9.93. The lowest BCUT2D eigenvalue weighted by molar-refractivity contribution is 0.370. The van der Waals surface area contributed by atoms with Gasteiger partial charge < -0.3 is 19.6 Å². The molecule has 0 amide bonds. The number of pyridine rings is 1. The van der Waals surface area contributed by atoms with Crippen LogP contribution in [0.5, 0.6) is 0 Å². The van der Waals surface area contributed by atoms with Crippen LogP contribution in [0.2, 0.25) is 0 Å². The van der Waals surface area contributed by atoms with E-state index < -0.39 is 0 Å². The van der Waals surface area contributed by atoms with Crippen molar-refractivity contribution in [3.63, 3.8) is 0 Å². The predicted molar refractivity (Wildman–Crippen MR) is 113 cm³/mol. The zero-order valence-electron chi connectivity index (χ0n) is 16.8. The fraction of sp³-hybridized carbons (Fsp3) is 0.333. The standard InChI is InChI=1S/C21H24FN7O/c1-23-21(29-14-12-28(13-15-29)18-8-3-2-6-16(18)22)25-11-9-19-26-20(30-27-19)17-7-4-5-10-24-17/h2-8,10H,9,11-15H2,1H3,(H,23,25). The molecule has 0 saturated carbocycles. The van der Waals surface area contributed by atoms with Crippen LogP contribution < -0.4 is 10.2 Å². The van der Waals surface area contributed by atoms with Crippen molar-refractivity contribution in [2.75, 3.05) is 44.7 Å². The van der Waals surface area contributed by atoms with Crippen LogP contribution in [0.1, 0.15) is 5.82 Å². The van der Waals surface area contributed by atoms with Gasteiger partial charge in [-0.15, -0.1) is 0 Å². The molecule has 0 aliphatic carbocycles. The van der Waals surface area contributed by atoms with E-state index in [1.165, 1.54) is 6.07 Å². The smallest absolute Gasteiger partial charge is 0.276 e. The van der Waals surface area contributed by atoms with Gasteiger partial charge >= 0.3 is 0 Å². The summed E-state index contributed by atoms with van der Waals surface area (Å²) >= 11 is 0. The molecule has 0 atom stereocenters. The molecule has 3 heterocycles. The van der Waals surface area contributed by atoms with E-state index in [0.29, 0.717) is 36.1 Å². The lowest BCUT2D eigenvalue weighted by atomic mass is 10.2. The molecule has 0 unspecified atom stereocenters. The molecule has 1 fully saturated rings. The summed E-state index contributed by atoms with van der Waals surface area (Å²) in [5, 5.41) is 7.37. The average Bonchev–Trinajstić information content (AvgIpc) is 3.27. The molecule has 4 rings (SSSR count). The number of hydrogen-bond acceptors (Lipinski definition) is 6. The minimum Gasteiger partial charge on any atom is -0.366 e. The Morgan fingerprint density at radius 1 is 1.13 bits per heavy atom. The predicted octanol–water partition coefficient (Wildman–Crippen LogP) is 2.21. The normalized spacial score (nSPS) is 14.8. The topological polar surface area (TPSA) is 82.7 Å². The Kier molecular flexibility index (Phi) is 6.17. The molecule has 1 saturated heterocycles. The Bertz CT molecular complexity index is 984. The van der Waals surface area contributed by atoms with Crippen LogP contribution in [0.25, 0.3) is 11.6 Å². The number of para-hydroxylation sites is 1. The third-order valence-corrected chi connectivity index (χ3v) is 4.97. The van der Waals surface area contributed by atoms with E-state index in [4.69, 9.17) is 4.52 Å². The van der Waals surface area contributed by atoms with Gasteiger partial charge in [-0.25, -0.2) is 4.39 Å². The van der Waals surface area contributed by atoms with Crippen molar-refractivity contribution in [3.05, 3.63) is 60.3 Å². The number of anilines is 1. The second-order valence-electron chi connectivity index (χ2n) is 6.88. The molecule has 2 aromatic heterocycles. The monoisotopic (exact) mass is 409 g/mol. The number of halogens is 1. The highest BCUT2D eigenvalue weighted by atomic mass is 19.1. The van der Waals surface area contributed by atoms with E-state index in [-0.39, 0.29) is 5.82 Å². The van der Waals surface area contributed by atoms with Gasteiger partial charge in [0.2, 0.25) is 0 Å². The van der Waals surface area contributed by atoms with Gasteiger partial charge in [-0.2, -0.15) is 4.98 Å². The minimum atomic E-state index is -0.182. The molecule has 0 bridgehead atoms. The quantitative estimate of drug-likeness (QED) is 0.511. The highest BCUT2D eigenvalue weighted by Crippen LogP contribution is 2.20. The molecule has 9 heteroatoms. The fourth-order valence-electron chi connectivity index (χ4n) is 3.43. The van der Waals surface area contributed by atoms with Crippen LogP contribution in [-0.4, -0.2) is 65.8 Å². The molecular formula is C21H24FN7O. The van der Waals surface area contributed by atoms with Crippen molar-refractivity contribution in [1.82, 2.24) is 25.3 Å². The lowest BCUT2D eigenvalue weighted by Crippen LogP contribution is -2.53. The summed E-state index contributed by atoms with van der Waals surface area (Å²) in [5.74, 6) is 1.66. The lowest BCUT2D eigenvalue weighted by Gasteiger charge is -2.37. The summed E-state index contributed by atoms with van der Waals surface area (Å²) in [6, 6.07) is 12.4. The van der Waals surface area contributed by atoms with Gasteiger partial charge in [-0.05, 0) is 24.3 Å². The van der Waals surface area contributed by atoms with E-state index in [1.807, 2.05) is 30.3 Å². The molecule has 0 radical (unpaired) electrons. The van der Waals surface area contributed by atoms with Gasteiger partial charge in [0, 0.05) is 52.4 Å². The fourth-order valence-corrected chi connectivity index (χ4v) is 3.43. The average molecular weight is 409 g/mol. The molecule has 1 aliphatic heterocycles. The van der Waals surface area contributed by atoms with E-state index >= 15 is 0 Å². The Hall–Kier alpha value is -3.49. The third-order valence-electron chi connectivity index (χ3n) is 4.97. The van der Waals surface area contributed by atoms with E-state index in [9.17, 15) is 4.39 Å². The van der Waals surface area contributed by atoms with Crippen LogP contribution in [0.3, 0.4) is 0 Å². The molecule has 1 aromatic carbocycles. The number of hydrogen-bond donors (Lipinski definition) is 1. The summed E-state index contributed by atoms with van der Waals surface area (Å²) in [6.07, 6.45) is 2.29. The van der Waals surface area contributed by atoms with Gasteiger partial charge in [0.25, 0.3) is 5.89 Å². The first-order valence-electron chi connectivity index (χ1n) is 9.93. The summed E-state index contributed by atoms with van der Waals surface area (Å²) in [7, 11) is 1.76. The number of guanidine groups is 1. The summed E-state index contributed by atoms with van der Waals surface area (Å²) < 4.78 is 19.3. The zero-order valence-corrected chi connectivity index (χ0v) is 16.8. The maximum absolute atomic E-state index is 14.0. The number of aromatic nitrogens is 3. The van der Waals surface area contributed by atoms with E-state index in [2.05, 4.69) is 35.2 Å². The van der Waals surface area contributed by atoms with Crippen LogP contribution in [-0.2, 0) is 6.42 Å². The van der Waals surface area contributed by atoms with Crippen LogP contribution >= 0.6 is 0 Å². The van der Waals surface area contributed by atoms with Gasteiger partial charge in [-0.3, -0.25) is 9.98 Å². The number of benzene rings is 1. The van der Waals surface area contributed by atoms with Crippen LogP contribution in [0.4, 0.5) is 10.1 Å². The summed E-state index contributed by atoms with van der Waals surface area (Å²) in [5.41, 5.74) is 1.31. The first-order chi connectivity index (χ1) is 14.7. The SMILES string of the molecule is CN=C(NCCc1noc(-c2ccccn2)n1)N1CCN(c2ccccc2F)CC1. The number of nitrogens with one attached hydrogen (secondary N) is 1. The highest BCUT2D eigenvalue weighted by molar-refractivity contribution is 5.80. The summed E-state index contributed by atoms with van der Waals surface area (Å²) in [6.45, 7) is 3.63. The molecule has 1 aliphatic rings. The third kappa shape index (κ3) is 4.56. The number of nitrogens with zero attached hydrogens (tertiary/aromatic N) is 6.